The first-order valence-corrected chi connectivity index (χ1v) is 6.09. The molecule has 0 spiro atoms. The average Bonchev–Trinajstić information content (AvgIpc) is 2.30. The van der Waals surface area contributed by atoms with Crippen molar-refractivity contribution in [3.8, 4) is 6.07 Å². The number of nitrogens with zero attached hydrogens (tertiary/aromatic N) is 1. The topological polar surface area (TPSA) is 23.8 Å². The molecule has 1 aliphatic carbocycles. The van der Waals surface area contributed by atoms with Crippen molar-refractivity contribution in [1.29, 1.82) is 5.26 Å². The number of rotatable bonds is 1. The third-order valence-electron chi connectivity index (χ3n) is 3.01. The monoisotopic (exact) mass is 261 g/mol. The van der Waals surface area contributed by atoms with E-state index in [1.807, 2.05) is 19.1 Å². The first-order valence-electron chi connectivity index (χ1n) is 4.97. The summed E-state index contributed by atoms with van der Waals surface area (Å²) in [6, 6.07) is 10.6. The summed E-state index contributed by atoms with van der Waals surface area (Å²) in [5.74, 6) is 0. The number of hydrogen-bond donors (Lipinski definition) is 0. The van der Waals surface area contributed by atoms with Gasteiger partial charge in [-0.25, -0.2) is 0 Å². The lowest BCUT2D eigenvalue weighted by atomic mass is 9.73. The standard InChI is InChI=1S/C13H12BrN/c1-13(9-15)7-6-10(8-14)11-4-2-3-5-12(11)13/h2-6H,7-8H2,1H3. The van der Waals surface area contributed by atoms with Crippen LogP contribution in [0.15, 0.2) is 30.3 Å². The van der Waals surface area contributed by atoms with Gasteiger partial charge in [0.1, 0.15) is 0 Å². The van der Waals surface area contributed by atoms with Gasteiger partial charge in [-0.3, -0.25) is 0 Å². The molecular weight excluding hydrogens is 250 g/mol. The van der Waals surface area contributed by atoms with E-state index in [0.717, 1.165) is 17.3 Å². The molecule has 1 unspecified atom stereocenters. The van der Waals surface area contributed by atoms with Gasteiger partial charge in [-0.2, -0.15) is 5.26 Å². The van der Waals surface area contributed by atoms with E-state index in [4.69, 9.17) is 0 Å². The number of alkyl halides is 1. The minimum Gasteiger partial charge on any atom is -0.197 e. The molecule has 0 bridgehead atoms. The molecule has 1 aliphatic rings. The van der Waals surface area contributed by atoms with Crippen LogP contribution < -0.4 is 0 Å². The average molecular weight is 262 g/mol. The van der Waals surface area contributed by atoms with Gasteiger partial charge < -0.3 is 0 Å². The van der Waals surface area contributed by atoms with Crippen LogP contribution in [-0.2, 0) is 5.41 Å². The van der Waals surface area contributed by atoms with E-state index in [9.17, 15) is 5.26 Å². The molecule has 1 atom stereocenters. The Hall–Kier alpha value is -1.07. The highest BCUT2D eigenvalue weighted by molar-refractivity contribution is 9.09. The lowest BCUT2D eigenvalue weighted by Gasteiger charge is -2.28. The Morgan fingerprint density at radius 2 is 2.20 bits per heavy atom. The fraction of sp³-hybridized carbons (Fsp3) is 0.308. The number of benzene rings is 1. The maximum atomic E-state index is 9.27. The second kappa shape index (κ2) is 3.83. The van der Waals surface area contributed by atoms with Gasteiger partial charge in [0.2, 0.25) is 0 Å². The third-order valence-corrected chi connectivity index (χ3v) is 3.62. The first kappa shape index (κ1) is 10.4. The van der Waals surface area contributed by atoms with Crippen LogP contribution >= 0.6 is 15.9 Å². The van der Waals surface area contributed by atoms with Gasteiger partial charge in [0.15, 0.2) is 0 Å². The number of allylic oxidation sites excluding steroid dienone is 2. The van der Waals surface area contributed by atoms with Crippen LogP contribution in [0.3, 0.4) is 0 Å². The molecule has 0 N–H and O–H groups in total. The second-order valence-electron chi connectivity index (χ2n) is 4.06. The van der Waals surface area contributed by atoms with Crippen LogP contribution in [-0.4, -0.2) is 5.33 Å². The summed E-state index contributed by atoms with van der Waals surface area (Å²) in [5.41, 5.74) is 3.30. The minimum atomic E-state index is -0.359. The normalized spacial score (nSPS) is 23.9. The molecule has 76 valence electrons. The van der Waals surface area contributed by atoms with Crippen LogP contribution in [0.5, 0.6) is 0 Å². The van der Waals surface area contributed by atoms with Crippen LogP contribution in [0.1, 0.15) is 24.5 Å². The molecule has 2 heteroatoms. The molecule has 0 radical (unpaired) electrons. The number of hydrogen-bond acceptors (Lipinski definition) is 1. The summed E-state index contributed by atoms with van der Waals surface area (Å²) in [6.07, 6.45) is 2.97. The highest BCUT2D eigenvalue weighted by atomic mass is 79.9. The molecule has 0 aliphatic heterocycles. The van der Waals surface area contributed by atoms with Crippen molar-refractivity contribution < 1.29 is 0 Å². The molecule has 0 aromatic heterocycles. The van der Waals surface area contributed by atoms with Gasteiger partial charge in [-0.15, -0.1) is 0 Å². The summed E-state index contributed by atoms with van der Waals surface area (Å²) in [7, 11) is 0. The van der Waals surface area contributed by atoms with Gasteiger partial charge in [-0.1, -0.05) is 46.3 Å². The molecule has 0 saturated heterocycles. The predicted octanol–water partition coefficient (Wildman–Crippen LogP) is 3.65. The van der Waals surface area contributed by atoms with Gasteiger partial charge in [0.05, 0.1) is 11.5 Å². The quantitative estimate of drug-likeness (QED) is 0.709. The first-order chi connectivity index (χ1) is 7.21. The minimum absolute atomic E-state index is 0.359. The van der Waals surface area contributed by atoms with Crippen LogP contribution in [0.4, 0.5) is 0 Å². The van der Waals surface area contributed by atoms with E-state index in [-0.39, 0.29) is 5.41 Å². The van der Waals surface area contributed by atoms with Crippen molar-refractivity contribution in [2.75, 3.05) is 5.33 Å². The lowest BCUT2D eigenvalue weighted by molar-refractivity contribution is 0.612. The maximum absolute atomic E-state index is 9.27. The van der Waals surface area contributed by atoms with E-state index in [0.29, 0.717) is 0 Å². The van der Waals surface area contributed by atoms with Gasteiger partial charge in [0.25, 0.3) is 0 Å². The zero-order valence-corrected chi connectivity index (χ0v) is 10.2. The number of halogens is 1. The maximum Gasteiger partial charge on any atom is 0.0834 e. The largest absolute Gasteiger partial charge is 0.197 e. The summed E-state index contributed by atoms with van der Waals surface area (Å²) in [6.45, 7) is 2.01. The Kier molecular flexibility index (Phi) is 2.67. The van der Waals surface area contributed by atoms with E-state index in [2.05, 4.69) is 40.2 Å². The zero-order valence-electron chi connectivity index (χ0n) is 8.63. The van der Waals surface area contributed by atoms with Crippen molar-refractivity contribution >= 4 is 21.5 Å². The third kappa shape index (κ3) is 1.61. The predicted molar refractivity (Wildman–Crippen MR) is 65.8 cm³/mol. The summed E-state index contributed by atoms with van der Waals surface area (Å²) < 4.78 is 0. The molecule has 1 aromatic rings. The smallest absolute Gasteiger partial charge is 0.0834 e. The van der Waals surface area contributed by atoms with E-state index >= 15 is 0 Å². The Bertz CT molecular complexity index is 456. The number of nitriles is 1. The van der Waals surface area contributed by atoms with Crippen molar-refractivity contribution in [3.05, 3.63) is 41.5 Å². The Morgan fingerprint density at radius 1 is 1.47 bits per heavy atom. The van der Waals surface area contributed by atoms with Gasteiger partial charge in [-0.05, 0) is 30.0 Å². The van der Waals surface area contributed by atoms with Gasteiger partial charge in [0, 0.05) is 5.33 Å². The molecule has 1 nitrogen and oxygen atoms in total. The summed E-state index contributed by atoms with van der Waals surface area (Å²) >= 11 is 3.49. The van der Waals surface area contributed by atoms with Crippen LogP contribution in [0, 0.1) is 11.3 Å². The fourth-order valence-corrected chi connectivity index (χ4v) is 2.55. The van der Waals surface area contributed by atoms with Crippen LogP contribution in [0.2, 0.25) is 0 Å². The highest BCUT2D eigenvalue weighted by Gasteiger charge is 2.31. The van der Waals surface area contributed by atoms with E-state index in [1.54, 1.807) is 0 Å². The lowest BCUT2D eigenvalue weighted by Crippen LogP contribution is -2.23. The molecular formula is C13H12BrN. The molecule has 1 aromatic carbocycles. The summed E-state index contributed by atoms with van der Waals surface area (Å²) in [5, 5.41) is 10.1. The Labute approximate surface area is 98.6 Å². The molecule has 15 heavy (non-hydrogen) atoms. The summed E-state index contributed by atoms with van der Waals surface area (Å²) in [4.78, 5) is 0. The highest BCUT2D eigenvalue weighted by Crippen LogP contribution is 2.38. The fourth-order valence-electron chi connectivity index (χ4n) is 2.02. The van der Waals surface area contributed by atoms with Crippen molar-refractivity contribution in [3.63, 3.8) is 0 Å². The van der Waals surface area contributed by atoms with E-state index in [1.165, 1.54) is 11.1 Å². The van der Waals surface area contributed by atoms with Crippen molar-refractivity contribution in [1.82, 2.24) is 0 Å². The van der Waals surface area contributed by atoms with Crippen molar-refractivity contribution in [2.45, 2.75) is 18.8 Å². The number of fused-ring (bicyclic) bond motifs is 1. The second-order valence-corrected chi connectivity index (χ2v) is 4.62. The van der Waals surface area contributed by atoms with Crippen LogP contribution in [0.25, 0.3) is 5.57 Å². The molecule has 0 amide bonds. The Balaban J connectivity index is 2.62. The zero-order chi connectivity index (χ0) is 10.9. The Morgan fingerprint density at radius 3 is 2.87 bits per heavy atom. The van der Waals surface area contributed by atoms with E-state index < -0.39 is 0 Å². The molecule has 0 heterocycles. The molecule has 2 rings (SSSR count). The van der Waals surface area contributed by atoms with Gasteiger partial charge >= 0.3 is 0 Å². The SMILES string of the molecule is CC1(C#N)CC=C(CBr)c2ccccc21. The van der Waals surface area contributed by atoms with Crippen molar-refractivity contribution in [2.24, 2.45) is 0 Å². The molecule has 0 fully saturated rings. The molecule has 0 saturated carbocycles.